The second kappa shape index (κ2) is 10.9. The van der Waals surface area contributed by atoms with Crippen molar-refractivity contribution in [3.05, 3.63) is 34.9 Å². The molecule has 1 aliphatic heterocycles. The molecule has 1 saturated heterocycles. The predicted octanol–water partition coefficient (Wildman–Crippen LogP) is 1.97. The largest absolute Gasteiger partial charge is 0.385 e. The highest BCUT2D eigenvalue weighted by atomic mass is 35.5. The third kappa shape index (κ3) is 6.65. The van der Waals surface area contributed by atoms with Crippen LogP contribution in [0.1, 0.15) is 31.2 Å². The summed E-state index contributed by atoms with van der Waals surface area (Å²) in [5.41, 5.74) is 7.40. The first-order chi connectivity index (χ1) is 14.3. The Labute approximate surface area is 187 Å². The summed E-state index contributed by atoms with van der Waals surface area (Å²) in [6.07, 6.45) is 6.82. The monoisotopic (exact) mass is 455 g/mol. The van der Waals surface area contributed by atoms with Gasteiger partial charge >= 0.3 is 0 Å². The van der Waals surface area contributed by atoms with Crippen molar-refractivity contribution >= 4 is 28.2 Å². The zero-order valence-electron chi connectivity index (χ0n) is 17.9. The molecule has 7 nitrogen and oxygen atoms in total. The van der Waals surface area contributed by atoms with Crippen molar-refractivity contribution in [3.8, 4) is 0 Å². The van der Waals surface area contributed by atoms with Gasteiger partial charge in [0.15, 0.2) is 0 Å². The van der Waals surface area contributed by atoms with E-state index in [2.05, 4.69) is 22.1 Å². The Balaban J connectivity index is 1.68. The highest BCUT2D eigenvalue weighted by Crippen LogP contribution is 2.31. The van der Waals surface area contributed by atoms with E-state index in [1.807, 2.05) is 12.1 Å². The average Bonchev–Trinajstić information content (AvgIpc) is 2.70. The molecule has 1 heterocycles. The maximum atomic E-state index is 11.8. The molecule has 1 aromatic carbocycles. The summed E-state index contributed by atoms with van der Waals surface area (Å²) in [6.45, 7) is 1.48. The highest BCUT2D eigenvalue weighted by Gasteiger charge is 2.36. The maximum Gasteiger partial charge on any atom is 0.124 e. The summed E-state index contributed by atoms with van der Waals surface area (Å²) in [5, 5.41) is 6.22. The zero-order valence-corrected chi connectivity index (χ0v) is 19.4. The number of ether oxygens (including phenoxy) is 1. The van der Waals surface area contributed by atoms with Gasteiger partial charge in [-0.15, -0.1) is 5.10 Å². The van der Waals surface area contributed by atoms with Gasteiger partial charge in [-0.2, -0.15) is 0 Å². The van der Waals surface area contributed by atoms with Gasteiger partial charge in [0.25, 0.3) is 0 Å². The molecule has 0 spiro atoms. The van der Waals surface area contributed by atoms with Crippen molar-refractivity contribution in [2.75, 3.05) is 32.2 Å². The van der Waals surface area contributed by atoms with Gasteiger partial charge in [-0.05, 0) is 49.8 Å². The molecule has 168 valence electrons. The number of amidine groups is 1. The number of halogens is 1. The number of hydrogen-bond donors (Lipinski definition) is 2. The van der Waals surface area contributed by atoms with E-state index in [0.29, 0.717) is 30.3 Å². The van der Waals surface area contributed by atoms with Crippen molar-refractivity contribution < 1.29 is 8.95 Å². The van der Waals surface area contributed by atoms with Gasteiger partial charge in [-0.25, -0.2) is 11.0 Å². The van der Waals surface area contributed by atoms with Crippen LogP contribution in [0.5, 0.6) is 0 Å². The van der Waals surface area contributed by atoms with Crippen LogP contribution in [0.25, 0.3) is 0 Å². The van der Waals surface area contributed by atoms with E-state index in [0.717, 1.165) is 43.7 Å². The summed E-state index contributed by atoms with van der Waals surface area (Å²) in [4.78, 5) is 2.59. The first-order valence-corrected chi connectivity index (χ1v) is 12.7. The number of hydrazine groups is 1. The molecular formula is C21H34ClN5O2S. The molecule has 2 unspecified atom stereocenters. The lowest BCUT2D eigenvalue weighted by molar-refractivity contribution is -0.0755. The van der Waals surface area contributed by atoms with E-state index in [-0.39, 0.29) is 12.0 Å². The minimum atomic E-state index is -0.868. The Morgan fingerprint density at radius 2 is 1.97 bits per heavy atom. The van der Waals surface area contributed by atoms with Crippen LogP contribution in [0.4, 0.5) is 0 Å². The molecular weight excluding hydrogens is 422 g/mol. The van der Waals surface area contributed by atoms with Crippen LogP contribution < -0.4 is 11.6 Å². The molecule has 1 aliphatic carbocycles. The van der Waals surface area contributed by atoms with Crippen LogP contribution in [0, 0.1) is 5.92 Å². The standard InChI is InChI=1S/C21H34ClN5O2S/c1-26(24)25-21(23)16-5-9-18(10-6-16)27-12-20(14-30(2)28)29-13-19(27)11-15-3-7-17(22)8-4-15/h3-4,7-8,16,18-20H,5-6,9-14,24H2,1-2H3,(H2,23,25)/t16?,18?,19-,20?,30?/m0/s1. The Kier molecular flexibility index (Phi) is 8.53. The van der Waals surface area contributed by atoms with Crippen LogP contribution in [-0.4, -0.2) is 70.5 Å². The number of rotatable bonds is 7. The SMILES string of the molecule is CN(N)/N=C(\N)C1CCC(N2CC(CS(C)=O)OC[C@@H]2Cc2ccc(Cl)cc2)CC1. The topological polar surface area (TPSA) is 97.2 Å². The second-order valence-corrected chi connectivity index (χ2v) is 10.4. The van der Waals surface area contributed by atoms with Crippen LogP contribution in [0.3, 0.4) is 0 Å². The van der Waals surface area contributed by atoms with Gasteiger partial charge in [0, 0.05) is 53.7 Å². The van der Waals surface area contributed by atoms with Crippen molar-refractivity contribution in [2.45, 2.75) is 50.3 Å². The van der Waals surface area contributed by atoms with E-state index < -0.39 is 10.8 Å². The van der Waals surface area contributed by atoms with Gasteiger partial charge in [0.1, 0.15) is 5.84 Å². The van der Waals surface area contributed by atoms with Gasteiger partial charge in [0.2, 0.25) is 0 Å². The summed E-state index contributed by atoms with van der Waals surface area (Å²) in [6, 6.07) is 8.83. The number of benzene rings is 1. The molecule has 1 saturated carbocycles. The third-order valence-electron chi connectivity index (χ3n) is 6.07. The second-order valence-electron chi connectivity index (χ2n) is 8.48. The fourth-order valence-electron chi connectivity index (χ4n) is 4.63. The quantitative estimate of drug-likeness (QED) is 0.282. The number of nitrogens with two attached hydrogens (primary N) is 2. The smallest absolute Gasteiger partial charge is 0.124 e. The van der Waals surface area contributed by atoms with Crippen LogP contribution in [-0.2, 0) is 22.0 Å². The van der Waals surface area contributed by atoms with Crippen LogP contribution >= 0.6 is 11.6 Å². The lowest BCUT2D eigenvalue weighted by Crippen LogP contribution is -2.56. The summed E-state index contributed by atoms with van der Waals surface area (Å²) in [7, 11) is 0.818. The first kappa shape index (κ1) is 23.5. The Morgan fingerprint density at radius 1 is 1.30 bits per heavy atom. The van der Waals surface area contributed by atoms with Gasteiger partial charge < -0.3 is 10.5 Å². The molecule has 30 heavy (non-hydrogen) atoms. The van der Waals surface area contributed by atoms with E-state index in [1.54, 1.807) is 13.3 Å². The number of hydrogen-bond acceptors (Lipinski definition) is 6. The van der Waals surface area contributed by atoms with Gasteiger partial charge in [-0.1, -0.05) is 23.7 Å². The maximum absolute atomic E-state index is 11.8. The van der Waals surface area contributed by atoms with Crippen molar-refractivity contribution in [1.29, 1.82) is 0 Å². The van der Waals surface area contributed by atoms with Crippen molar-refractivity contribution in [2.24, 2.45) is 22.6 Å². The molecule has 2 aliphatic rings. The minimum Gasteiger partial charge on any atom is -0.385 e. The molecule has 0 bridgehead atoms. The Hall–Kier alpha value is -1.19. The lowest BCUT2D eigenvalue weighted by Gasteiger charge is -2.46. The third-order valence-corrected chi connectivity index (χ3v) is 7.16. The molecule has 2 fully saturated rings. The molecule has 0 radical (unpaired) electrons. The zero-order chi connectivity index (χ0) is 21.7. The lowest BCUT2D eigenvalue weighted by atomic mass is 9.83. The van der Waals surface area contributed by atoms with Crippen molar-refractivity contribution in [3.63, 3.8) is 0 Å². The fraction of sp³-hybridized carbons (Fsp3) is 0.667. The van der Waals surface area contributed by atoms with E-state index in [1.165, 1.54) is 10.7 Å². The number of hydrazone groups is 1. The molecule has 0 amide bonds. The number of morpholine rings is 1. The highest BCUT2D eigenvalue weighted by molar-refractivity contribution is 7.84. The molecule has 9 heteroatoms. The Morgan fingerprint density at radius 3 is 2.57 bits per heavy atom. The number of nitrogens with zero attached hydrogens (tertiary/aromatic N) is 3. The molecule has 4 N–H and O–H groups in total. The van der Waals surface area contributed by atoms with E-state index >= 15 is 0 Å². The summed E-state index contributed by atoms with van der Waals surface area (Å²) in [5.74, 6) is 7.10. The first-order valence-electron chi connectivity index (χ1n) is 10.6. The van der Waals surface area contributed by atoms with E-state index in [9.17, 15) is 4.21 Å². The van der Waals surface area contributed by atoms with Crippen molar-refractivity contribution in [1.82, 2.24) is 10.0 Å². The van der Waals surface area contributed by atoms with E-state index in [4.69, 9.17) is 27.9 Å². The summed E-state index contributed by atoms with van der Waals surface area (Å²) >= 11 is 6.05. The van der Waals surface area contributed by atoms with Gasteiger partial charge in [-0.3, -0.25) is 9.11 Å². The molecule has 3 atom stereocenters. The van der Waals surface area contributed by atoms with Crippen LogP contribution in [0.15, 0.2) is 29.4 Å². The minimum absolute atomic E-state index is 0.0209. The molecule has 3 rings (SSSR count). The molecule has 1 aromatic rings. The average molecular weight is 456 g/mol. The Bertz CT molecular complexity index is 737. The molecule has 0 aromatic heterocycles. The van der Waals surface area contributed by atoms with Crippen LogP contribution in [0.2, 0.25) is 5.02 Å². The normalized spacial score (nSPS) is 29.5. The fourth-order valence-corrected chi connectivity index (χ4v) is 5.48. The predicted molar refractivity (Wildman–Crippen MR) is 124 cm³/mol. The van der Waals surface area contributed by atoms with Gasteiger partial charge in [0.05, 0.1) is 18.5 Å². The summed E-state index contributed by atoms with van der Waals surface area (Å²) < 4.78 is 17.9.